The van der Waals surface area contributed by atoms with Gasteiger partial charge in [-0.3, -0.25) is 4.99 Å². The van der Waals surface area contributed by atoms with Crippen LogP contribution in [0.4, 0.5) is 0 Å². The molecule has 0 atom stereocenters. The predicted molar refractivity (Wildman–Crippen MR) is 43.0 cm³/mol. The number of hydrogen-bond donors (Lipinski definition) is 0. The quantitative estimate of drug-likeness (QED) is 0.394. The van der Waals surface area contributed by atoms with Gasteiger partial charge in [-0.1, -0.05) is 17.7 Å². The molecule has 0 rings (SSSR count). The van der Waals surface area contributed by atoms with E-state index in [1.165, 1.54) is 5.57 Å². The van der Waals surface area contributed by atoms with Crippen LogP contribution in [0.15, 0.2) is 28.8 Å². The van der Waals surface area contributed by atoms with Crippen molar-refractivity contribution >= 4 is 6.21 Å². The summed E-state index contributed by atoms with van der Waals surface area (Å²) in [5.41, 5.74) is 1.26. The van der Waals surface area contributed by atoms with E-state index in [-0.39, 0.29) is 0 Å². The molecule has 9 heavy (non-hydrogen) atoms. The Balaban J connectivity index is 3.71. The summed E-state index contributed by atoms with van der Waals surface area (Å²) < 4.78 is 0. The fourth-order valence-corrected chi connectivity index (χ4v) is 0.377. The Morgan fingerprint density at radius 2 is 2.11 bits per heavy atom. The van der Waals surface area contributed by atoms with Crippen molar-refractivity contribution in [2.24, 2.45) is 4.99 Å². The van der Waals surface area contributed by atoms with Gasteiger partial charge >= 0.3 is 0 Å². The van der Waals surface area contributed by atoms with Crippen LogP contribution in [0.1, 0.15) is 13.8 Å². The maximum absolute atomic E-state index is 3.80. The van der Waals surface area contributed by atoms with Gasteiger partial charge in [0, 0.05) is 13.3 Å². The zero-order chi connectivity index (χ0) is 7.11. The fraction of sp³-hybridized carbons (Fsp3) is 0.375. The first-order valence-corrected chi connectivity index (χ1v) is 3.03. The first-order chi connectivity index (χ1) is 4.31. The first kappa shape index (κ1) is 8.15. The second-order valence-electron chi connectivity index (χ2n) is 1.80. The molecule has 0 amide bonds. The van der Waals surface area contributed by atoms with Crippen LogP contribution < -0.4 is 0 Å². The summed E-state index contributed by atoms with van der Waals surface area (Å²) in [7, 11) is 1.76. The Morgan fingerprint density at radius 1 is 1.44 bits per heavy atom. The molecule has 1 nitrogen and oxygen atoms in total. The van der Waals surface area contributed by atoms with Gasteiger partial charge in [-0.2, -0.15) is 0 Å². The van der Waals surface area contributed by atoms with Crippen LogP contribution >= 0.6 is 0 Å². The van der Waals surface area contributed by atoms with Crippen molar-refractivity contribution < 1.29 is 0 Å². The lowest BCUT2D eigenvalue weighted by atomic mass is 10.3. The fourth-order valence-electron chi connectivity index (χ4n) is 0.377. The van der Waals surface area contributed by atoms with Crippen molar-refractivity contribution in [2.45, 2.75) is 13.8 Å². The third kappa shape index (κ3) is 5.01. The lowest BCUT2D eigenvalue weighted by Crippen LogP contribution is -1.66. The number of rotatable bonds is 2. The Bertz CT molecular complexity index is 141. The standard InChI is InChI=1S/C8H13N/c1-4-8(2)6-5-7-9-3/h4-7H,1-3H3/b6-5-,8-4+,9-7?. The van der Waals surface area contributed by atoms with Gasteiger partial charge in [-0.25, -0.2) is 0 Å². The van der Waals surface area contributed by atoms with Gasteiger partial charge in [0.15, 0.2) is 0 Å². The monoisotopic (exact) mass is 123 g/mol. The molecule has 0 aliphatic carbocycles. The number of nitrogens with zero attached hydrogens (tertiary/aromatic N) is 1. The predicted octanol–water partition coefficient (Wildman–Crippen LogP) is 2.21. The zero-order valence-electron chi connectivity index (χ0n) is 6.26. The molecule has 0 saturated heterocycles. The number of aliphatic imine (C=N–C) groups is 1. The van der Waals surface area contributed by atoms with Gasteiger partial charge in [0.2, 0.25) is 0 Å². The van der Waals surface area contributed by atoms with Gasteiger partial charge in [-0.15, -0.1) is 0 Å². The van der Waals surface area contributed by atoms with E-state index in [9.17, 15) is 0 Å². The Labute approximate surface area is 56.8 Å². The van der Waals surface area contributed by atoms with Gasteiger partial charge in [0.25, 0.3) is 0 Å². The molecular weight excluding hydrogens is 110 g/mol. The summed E-state index contributed by atoms with van der Waals surface area (Å²) in [6.07, 6.45) is 7.77. The minimum Gasteiger partial charge on any atom is -0.297 e. The molecule has 0 aromatic heterocycles. The molecule has 0 N–H and O–H groups in total. The molecule has 0 saturated carbocycles. The smallest absolute Gasteiger partial charge is 0.0277 e. The van der Waals surface area contributed by atoms with Gasteiger partial charge < -0.3 is 0 Å². The van der Waals surface area contributed by atoms with Crippen LogP contribution in [-0.2, 0) is 0 Å². The summed E-state index contributed by atoms with van der Waals surface area (Å²) in [6, 6.07) is 0. The van der Waals surface area contributed by atoms with E-state index >= 15 is 0 Å². The maximum Gasteiger partial charge on any atom is 0.0277 e. The molecule has 0 aliphatic heterocycles. The van der Waals surface area contributed by atoms with Crippen molar-refractivity contribution in [3.05, 3.63) is 23.8 Å². The van der Waals surface area contributed by atoms with Gasteiger partial charge in [0.05, 0.1) is 0 Å². The third-order valence-corrected chi connectivity index (χ3v) is 1.05. The number of hydrogen-bond acceptors (Lipinski definition) is 1. The highest BCUT2D eigenvalue weighted by atomic mass is 14.6. The first-order valence-electron chi connectivity index (χ1n) is 3.03. The molecule has 0 bridgehead atoms. The summed E-state index contributed by atoms with van der Waals surface area (Å²) in [6.45, 7) is 4.07. The van der Waals surface area contributed by atoms with Crippen molar-refractivity contribution in [1.82, 2.24) is 0 Å². The van der Waals surface area contributed by atoms with Crippen molar-refractivity contribution in [3.8, 4) is 0 Å². The Morgan fingerprint density at radius 3 is 2.56 bits per heavy atom. The Kier molecular flexibility index (Phi) is 4.79. The minimum atomic E-state index is 1.26. The molecule has 0 heterocycles. The van der Waals surface area contributed by atoms with E-state index in [0.717, 1.165) is 0 Å². The SMILES string of the molecule is C/C=C(C)/C=C\C=NC. The lowest BCUT2D eigenvalue weighted by Gasteiger charge is -1.82. The lowest BCUT2D eigenvalue weighted by molar-refractivity contribution is 1.46. The normalized spacial score (nSPS) is 13.9. The average Bonchev–Trinajstić information content (AvgIpc) is 1.89. The highest BCUT2D eigenvalue weighted by Crippen LogP contribution is 1.91. The van der Waals surface area contributed by atoms with Crippen LogP contribution in [0.3, 0.4) is 0 Å². The minimum absolute atomic E-state index is 1.26. The van der Waals surface area contributed by atoms with Crippen molar-refractivity contribution in [1.29, 1.82) is 0 Å². The van der Waals surface area contributed by atoms with E-state index in [1.807, 2.05) is 19.1 Å². The van der Waals surface area contributed by atoms with E-state index in [0.29, 0.717) is 0 Å². The average molecular weight is 123 g/mol. The van der Waals surface area contributed by atoms with E-state index in [4.69, 9.17) is 0 Å². The van der Waals surface area contributed by atoms with Crippen molar-refractivity contribution in [2.75, 3.05) is 7.05 Å². The maximum atomic E-state index is 3.80. The largest absolute Gasteiger partial charge is 0.297 e. The molecule has 1 heteroatoms. The molecule has 0 aromatic rings. The summed E-state index contributed by atoms with van der Waals surface area (Å²) in [4.78, 5) is 3.80. The zero-order valence-corrected chi connectivity index (χ0v) is 6.26. The third-order valence-electron chi connectivity index (χ3n) is 1.05. The van der Waals surface area contributed by atoms with Crippen LogP contribution in [0.2, 0.25) is 0 Å². The van der Waals surface area contributed by atoms with E-state index < -0.39 is 0 Å². The molecule has 0 aromatic carbocycles. The van der Waals surface area contributed by atoms with Crippen molar-refractivity contribution in [3.63, 3.8) is 0 Å². The molecular formula is C8H13N. The highest BCUT2D eigenvalue weighted by Gasteiger charge is 1.71. The van der Waals surface area contributed by atoms with Crippen LogP contribution in [-0.4, -0.2) is 13.3 Å². The van der Waals surface area contributed by atoms with Crippen LogP contribution in [0.5, 0.6) is 0 Å². The molecule has 0 unspecified atom stereocenters. The summed E-state index contributed by atoms with van der Waals surface area (Å²) >= 11 is 0. The second-order valence-corrected chi connectivity index (χ2v) is 1.80. The van der Waals surface area contributed by atoms with E-state index in [2.05, 4.69) is 18.0 Å². The second kappa shape index (κ2) is 5.29. The van der Waals surface area contributed by atoms with Crippen LogP contribution in [0.25, 0.3) is 0 Å². The molecule has 0 aliphatic rings. The molecule has 50 valence electrons. The molecule has 0 spiro atoms. The topological polar surface area (TPSA) is 12.4 Å². The van der Waals surface area contributed by atoms with Gasteiger partial charge in [-0.05, 0) is 19.9 Å². The summed E-state index contributed by atoms with van der Waals surface area (Å²) in [5.74, 6) is 0. The van der Waals surface area contributed by atoms with E-state index in [1.54, 1.807) is 13.3 Å². The highest BCUT2D eigenvalue weighted by molar-refractivity contribution is 5.71. The molecule has 0 radical (unpaired) electrons. The van der Waals surface area contributed by atoms with Gasteiger partial charge in [0.1, 0.15) is 0 Å². The Hall–Kier alpha value is -0.850. The molecule has 0 fully saturated rings. The van der Waals surface area contributed by atoms with Crippen LogP contribution in [0, 0.1) is 0 Å². The summed E-state index contributed by atoms with van der Waals surface area (Å²) in [5, 5.41) is 0. The number of allylic oxidation sites excluding steroid dienone is 4.